The van der Waals surface area contributed by atoms with Crippen LogP contribution in [0.5, 0.6) is 5.75 Å². The normalized spacial score (nSPS) is 15.3. The van der Waals surface area contributed by atoms with Crippen LogP contribution in [-0.2, 0) is 19.6 Å². The number of amides is 1. The highest BCUT2D eigenvalue weighted by Crippen LogP contribution is 2.16. The number of rotatable bonds is 8. The van der Waals surface area contributed by atoms with Crippen molar-refractivity contribution < 1.29 is 22.7 Å². The predicted molar refractivity (Wildman–Crippen MR) is 89.4 cm³/mol. The van der Waals surface area contributed by atoms with E-state index in [4.69, 9.17) is 9.47 Å². The molecule has 1 saturated heterocycles. The summed E-state index contributed by atoms with van der Waals surface area (Å²) in [6.07, 6.45) is 1.72. The van der Waals surface area contributed by atoms with E-state index in [9.17, 15) is 13.2 Å². The van der Waals surface area contributed by atoms with E-state index in [-0.39, 0.29) is 17.4 Å². The van der Waals surface area contributed by atoms with E-state index in [1.54, 1.807) is 17.0 Å². The number of carbonyl (C=O) groups is 1. The Balaban J connectivity index is 1.86. The highest BCUT2D eigenvalue weighted by atomic mass is 32.2. The number of hydrogen-bond acceptors (Lipinski definition) is 5. The Morgan fingerprint density at radius 1 is 1.25 bits per heavy atom. The molecule has 1 aliphatic rings. The average molecular weight is 356 g/mol. The van der Waals surface area contributed by atoms with Crippen molar-refractivity contribution >= 4 is 15.9 Å². The van der Waals surface area contributed by atoms with Crippen LogP contribution < -0.4 is 9.46 Å². The first-order chi connectivity index (χ1) is 11.5. The zero-order valence-corrected chi connectivity index (χ0v) is 14.7. The molecule has 134 valence electrons. The molecule has 1 N–H and O–H groups in total. The van der Waals surface area contributed by atoms with Gasteiger partial charge in [-0.25, -0.2) is 13.1 Å². The summed E-state index contributed by atoms with van der Waals surface area (Å²) in [6, 6.07) is 6.06. The number of sulfonamides is 1. The SMILES string of the molecule is CCCCNS(=O)(=O)c1ccc(OCC(=O)N2CCOCC2)cc1. The largest absolute Gasteiger partial charge is 0.484 e. The smallest absolute Gasteiger partial charge is 0.260 e. The van der Waals surface area contributed by atoms with Gasteiger partial charge in [-0.15, -0.1) is 0 Å². The van der Waals surface area contributed by atoms with Gasteiger partial charge in [0.25, 0.3) is 5.91 Å². The van der Waals surface area contributed by atoms with Gasteiger partial charge in [0, 0.05) is 19.6 Å². The number of benzene rings is 1. The first-order valence-electron chi connectivity index (χ1n) is 8.11. The maximum atomic E-state index is 12.1. The lowest BCUT2D eigenvalue weighted by Crippen LogP contribution is -2.42. The minimum absolute atomic E-state index is 0.0686. The van der Waals surface area contributed by atoms with Crippen LogP contribution in [0.1, 0.15) is 19.8 Å². The summed E-state index contributed by atoms with van der Waals surface area (Å²) in [5.74, 6) is 0.361. The second-order valence-electron chi connectivity index (χ2n) is 5.50. The third kappa shape index (κ3) is 5.47. The summed E-state index contributed by atoms with van der Waals surface area (Å²) in [5, 5.41) is 0. The summed E-state index contributed by atoms with van der Waals surface area (Å²) < 4.78 is 37.3. The minimum atomic E-state index is -3.49. The molecule has 1 amide bonds. The van der Waals surface area contributed by atoms with Crippen LogP contribution in [0, 0.1) is 0 Å². The predicted octanol–water partition coefficient (Wildman–Crippen LogP) is 1.00. The summed E-state index contributed by atoms with van der Waals surface area (Å²) in [5.41, 5.74) is 0. The molecular formula is C16H24N2O5S. The van der Waals surface area contributed by atoms with E-state index in [2.05, 4.69) is 4.72 Å². The molecule has 24 heavy (non-hydrogen) atoms. The molecule has 1 fully saturated rings. The van der Waals surface area contributed by atoms with Gasteiger partial charge in [0.1, 0.15) is 5.75 Å². The summed E-state index contributed by atoms with van der Waals surface area (Å²) >= 11 is 0. The van der Waals surface area contributed by atoms with Crippen molar-refractivity contribution in [3.63, 3.8) is 0 Å². The van der Waals surface area contributed by atoms with Gasteiger partial charge >= 0.3 is 0 Å². The first-order valence-corrected chi connectivity index (χ1v) is 9.59. The maximum Gasteiger partial charge on any atom is 0.260 e. The molecule has 0 spiro atoms. The van der Waals surface area contributed by atoms with E-state index in [0.29, 0.717) is 38.6 Å². The van der Waals surface area contributed by atoms with Gasteiger partial charge in [0.05, 0.1) is 18.1 Å². The number of ether oxygens (including phenoxy) is 2. The average Bonchev–Trinajstić information content (AvgIpc) is 2.61. The fraction of sp³-hybridized carbons (Fsp3) is 0.562. The Hall–Kier alpha value is -1.64. The molecule has 2 rings (SSSR count). The van der Waals surface area contributed by atoms with Gasteiger partial charge in [0.15, 0.2) is 6.61 Å². The molecule has 0 atom stereocenters. The van der Waals surface area contributed by atoms with Gasteiger partial charge in [-0.05, 0) is 30.7 Å². The fourth-order valence-corrected chi connectivity index (χ4v) is 3.30. The molecule has 1 aromatic carbocycles. The lowest BCUT2D eigenvalue weighted by molar-refractivity contribution is -0.137. The molecule has 0 radical (unpaired) electrons. The molecule has 0 aromatic heterocycles. The highest BCUT2D eigenvalue weighted by molar-refractivity contribution is 7.89. The van der Waals surface area contributed by atoms with Crippen molar-refractivity contribution in [1.82, 2.24) is 9.62 Å². The van der Waals surface area contributed by atoms with Crippen LogP contribution in [0.4, 0.5) is 0 Å². The molecular weight excluding hydrogens is 332 g/mol. The quantitative estimate of drug-likeness (QED) is 0.703. The van der Waals surface area contributed by atoms with Crippen LogP contribution >= 0.6 is 0 Å². The zero-order chi connectivity index (χ0) is 17.4. The lowest BCUT2D eigenvalue weighted by atomic mass is 10.3. The van der Waals surface area contributed by atoms with E-state index < -0.39 is 10.0 Å². The molecule has 0 bridgehead atoms. The molecule has 8 heteroatoms. The van der Waals surface area contributed by atoms with Crippen molar-refractivity contribution in [2.75, 3.05) is 39.5 Å². The zero-order valence-electron chi connectivity index (χ0n) is 13.9. The van der Waals surface area contributed by atoms with E-state index in [0.717, 1.165) is 12.8 Å². The Morgan fingerprint density at radius 2 is 1.92 bits per heavy atom. The molecule has 0 aliphatic carbocycles. The minimum Gasteiger partial charge on any atom is -0.484 e. The van der Waals surface area contributed by atoms with Gasteiger partial charge in [-0.2, -0.15) is 0 Å². The van der Waals surface area contributed by atoms with Crippen molar-refractivity contribution in [3.8, 4) is 5.75 Å². The fourth-order valence-electron chi connectivity index (χ4n) is 2.23. The van der Waals surface area contributed by atoms with Crippen LogP contribution in [0.25, 0.3) is 0 Å². The standard InChI is InChI=1S/C16H24N2O5S/c1-2-3-8-17-24(20,21)15-6-4-14(5-7-15)23-13-16(19)18-9-11-22-12-10-18/h4-7,17H,2-3,8-13H2,1H3. The second kappa shape index (κ2) is 9.00. The maximum absolute atomic E-state index is 12.1. The van der Waals surface area contributed by atoms with Gasteiger partial charge in [-0.3, -0.25) is 4.79 Å². The molecule has 1 heterocycles. The summed E-state index contributed by atoms with van der Waals surface area (Å²) in [6.45, 7) is 4.59. The van der Waals surface area contributed by atoms with Crippen LogP contribution in [0.3, 0.4) is 0 Å². The van der Waals surface area contributed by atoms with E-state index >= 15 is 0 Å². The Bertz CT molecular complexity index is 624. The lowest BCUT2D eigenvalue weighted by Gasteiger charge is -2.26. The number of carbonyl (C=O) groups excluding carboxylic acids is 1. The molecule has 1 aromatic rings. The monoisotopic (exact) mass is 356 g/mol. The Morgan fingerprint density at radius 3 is 2.54 bits per heavy atom. The molecule has 0 saturated carbocycles. The van der Waals surface area contributed by atoms with Crippen molar-refractivity contribution in [2.45, 2.75) is 24.7 Å². The topological polar surface area (TPSA) is 84.9 Å². The van der Waals surface area contributed by atoms with Gasteiger partial charge < -0.3 is 14.4 Å². The third-order valence-corrected chi connectivity index (χ3v) is 5.16. The van der Waals surface area contributed by atoms with Crippen LogP contribution in [0.2, 0.25) is 0 Å². The summed E-state index contributed by atoms with van der Waals surface area (Å²) in [7, 11) is -3.49. The van der Waals surface area contributed by atoms with E-state index in [1.165, 1.54) is 12.1 Å². The number of unbranched alkanes of at least 4 members (excludes halogenated alkanes) is 1. The number of morpholine rings is 1. The Kier molecular flexibility index (Phi) is 7.01. The van der Waals surface area contributed by atoms with Crippen LogP contribution in [0.15, 0.2) is 29.2 Å². The van der Waals surface area contributed by atoms with Crippen molar-refractivity contribution in [3.05, 3.63) is 24.3 Å². The van der Waals surface area contributed by atoms with Gasteiger partial charge in [-0.1, -0.05) is 13.3 Å². The molecule has 1 aliphatic heterocycles. The Labute approximate surface area is 143 Å². The van der Waals surface area contributed by atoms with Gasteiger partial charge in [0.2, 0.25) is 10.0 Å². The molecule has 7 nitrogen and oxygen atoms in total. The van der Waals surface area contributed by atoms with Crippen molar-refractivity contribution in [2.24, 2.45) is 0 Å². The van der Waals surface area contributed by atoms with Crippen molar-refractivity contribution in [1.29, 1.82) is 0 Å². The van der Waals surface area contributed by atoms with Crippen LogP contribution in [-0.4, -0.2) is 58.7 Å². The molecule has 0 unspecified atom stereocenters. The third-order valence-electron chi connectivity index (χ3n) is 3.68. The highest BCUT2D eigenvalue weighted by Gasteiger charge is 2.17. The number of nitrogens with one attached hydrogen (secondary N) is 1. The number of nitrogens with zero attached hydrogens (tertiary/aromatic N) is 1. The summed E-state index contributed by atoms with van der Waals surface area (Å²) in [4.78, 5) is 13.9. The van der Waals surface area contributed by atoms with E-state index in [1.807, 2.05) is 6.92 Å². The number of hydrogen-bond donors (Lipinski definition) is 1. The second-order valence-corrected chi connectivity index (χ2v) is 7.27. The first kappa shape index (κ1) is 18.7.